The molecular formula is C37H42N4. The fraction of sp³-hybridized carbons (Fsp3) is 0.216. The lowest BCUT2D eigenvalue weighted by Gasteiger charge is -2.19. The summed E-state index contributed by atoms with van der Waals surface area (Å²) in [5, 5.41) is 8.30. The SMILES string of the molecule is CC1=C(C)C(=C(C=CC=C(c2ccc(N(C)C)cc2)c2ccc(N(C)C)cc2)c2ccc(N(C)C)cc2)C=CC1=N. The molecule has 4 nitrogen and oxygen atoms in total. The molecule has 0 heterocycles. The van der Waals surface area contributed by atoms with Crippen molar-refractivity contribution in [3.05, 3.63) is 137 Å². The van der Waals surface area contributed by atoms with Crippen LogP contribution in [0.15, 0.2) is 120 Å². The van der Waals surface area contributed by atoms with Crippen molar-refractivity contribution in [3.8, 4) is 0 Å². The van der Waals surface area contributed by atoms with E-state index in [0.717, 1.165) is 39.1 Å². The summed E-state index contributed by atoms with van der Waals surface area (Å²) in [6.45, 7) is 4.15. The highest BCUT2D eigenvalue weighted by Gasteiger charge is 2.15. The second kappa shape index (κ2) is 12.7. The van der Waals surface area contributed by atoms with Crippen LogP contribution in [0.5, 0.6) is 0 Å². The first-order valence-electron chi connectivity index (χ1n) is 14.0. The molecule has 0 radical (unpaired) electrons. The number of rotatable bonds is 8. The van der Waals surface area contributed by atoms with Crippen LogP contribution in [0.3, 0.4) is 0 Å². The fourth-order valence-corrected chi connectivity index (χ4v) is 4.87. The van der Waals surface area contributed by atoms with E-state index in [9.17, 15) is 0 Å². The minimum atomic E-state index is 0.571. The summed E-state index contributed by atoms with van der Waals surface area (Å²) < 4.78 is 0. The van der Waals surface area contributed by atoms with Gasteiger partial charge in [0.1, 0.15) is 0 Å². The summed E-state index contributed by atoms with van der Waals surface area (Å²) in [6.07, 6.45) is 10.6. The summed E-state index contributed by atoms with van der Waals surface area (Å²) in [7, 11) is 12.4. The molecule has 0 unspecified atom stereocenters. The van der Waals surface area contributed by atoms with Crippen LogP contribution in [0.1, 0.15) is 30.5 Å². The van der Waals surface area contributed by atoms with Crippen molar-refractivity contribution >= 4 is 33.9 Å². The molecule has 0 amide bonds. The average Bonchev–Trinajstić information content (AvgIpc) is 2.97. The van der Waals surface area contributed by atoms with E-state index in [0.29, 0.717) is 5.71 Å². The maximum atomic E-state index is 8.30. The Bertz CT molecular complexity index is 1490. The first-order chi connectivity index (χ1) is 19.6. The second-order valence-electron chi connectivity index (χ2n) is 11.1. The van der Waals surface area contributed by atoms with Gasteiger partial charge in [-0.1, -0.05) is 60.7 Å². The number of hydrogen-bond donors (Lipinski definition) is 1. The molecule has 0 saturated heterocycles. The van der Waals surface area contributed by atoms with Crippen LogP contribution in [-0.2, 0) is 0 Å². The quantitative estimate of drug-likeness (QED) is 0.291. The first kappa shape index (κ1) is 29.4. The second-order valence-corrected chi connectivity index (χ2v) is 11.1. The van der Waals surface area contributed by atoms with Crippen LogP contribution in [0.2, 0.25) is 0 Å². The average molecular weight is 543 g/mol. The Labute approximate surface area is 246 Å². The van der Waals surface area contributed by atoms with Crippen LogP contribution in [-0.4, -0.2) is 48.0 Å². The van der Waals surface area contributed by atoms with Crippen LogP contribution in [0.25, 0.3) is 11.1 Å². The van der Waals surface area contributed by atoms with Crippen molar-refractivity contribution in [2.75, 3.05) is 57.0 Å². The maximum Gasteiger partial charge on any atom is 0.0572 e. The Morgan fingerprint density at radius 2 is 0.976 bits per heavy atom. The predicted octanol–water partition coefficient (Wildman–Crippen LogP) is 8.25. The van der Waals surface area contributed by atoms with Gasteiger partial charge < -0.3 is 20.1 Å². The van der Waals surface area contributed by atoms with Gasteiger partial charge in [0.25, 0.3) is 0 Å². The van der Waals surface area contributed by atoms with Gasteiger partial charge in [0.2, 0.25) is 0 Å². The molecule has 1 aliphatic carbocycles. The molecule has 1 aliphatic rings. The summed E-state index contributed by atoms with van der Waals surface area (Å²) >= 11 is 0. The van der Waals surface area contributed by atoms with Gasteiger partial charge in [-0.2, -0.15) is 0 Å². The third-order valence-electron chi connectivity index (χ3n) is 7.69. The van der Waals surface area contributed by atoms with Gasteiger partial charge in [-0.3, -0.25) is 0 Å². The summed E-state index contributed by atoms with van der Waals surface area (Å²) in [6, 6.07) is 26.1. The van der Waals surface area contributed by atoms with E-state index in [4.69, 9.17) is 5.41 Å². The molecule has 0 saturated carbocycles. The van der Waals surface area contributed by atoms with E-state index in [-0.39, 0.29) is 0 Å². The van der Waals surface area contributed by atoms with Crippen molar-refractivity contribution in [1.82, 2.24) is 0 Å². The highest BCUT2D eigenvalue weighted by atomic mass is 15.1. The van der Waals surface area contributed by atoms with E-state index in [1.807, 2.05) is 13.0 Å². The van der Waals surface area contributed by atoms with Crippen LogP contribution in [0.4, 0.5) is 17.1 Å². The number of nitrogens with zero attached hydrogens (tertiary/aromatic N) is 3. The third kappa shape index (κ3) is 6.78. The van der Waals surface area contributed by atoms with E-state index in [2.05, 4.69) is 161 Å². The Hall–Kier alpha value is -4.57. The zero-order valence-electron chi connectivity index (χ0n) is 25.7. The maximum absolute atomic E-state index is 8.30. The lowest BCUT2D eigenvalue weighted by molar-refractivity contribution is 1.13. The number of nitrogens with one attached hydrogen (secondary N) is 1. The molecule has 0 aliphatic heterocycles. The molecular weight excluding hydrogens is 500 g/mol. The number of anilines is 3. The van der Waals surface area contributed by atoms with E-state index in [1.165, 1.54) is 22.5 Å². The van der Waals surface area contributed by atoms with E-state index >= 15 is 0 Å². The molecule has 0 spiro atoms. The fourth-order valence-electron chi connectivity index (χ4n) is 4.87. The van der Waals surface area contributed by atoms with Gasteiger partial charge in [0.05, 0.1) is 5.71 Å². The Morgan fingerprint density at radius 3 is 1.39 bits per heavy atom. The van der Waals surface area contributed by atoms with Crippen LogP contribution >= 0.6 is 0 Å². The molecule has 1 N–H and O–H groups in total. The summed E-state index contributed by atoms with van der Waals surface area (Å²) in [5.41, 5.74) is 13.2. The highest BCUT2D eigenvalue weighted by Crippen LogP contribution is 2.33. The first-order valence-corrected chi connectivity index (χ1v) is 14.0. The van der Waals surface area contributed by atoms with Gasteiger partial charge in [-0.05, 0) is 101 Å². The zero-order chi connectivity index (χ0) is 29.7. The van der Waals surface area contributed by atoms with Gasteiger partial charge in [0, 0.05) is 59.3 Å². The largest absolute Gasteiger partial charge is 0.378 e. The van der Waals surface area contributed by atoms with Crippen LogP contribution < -0.4 is 14.7 Å². The van der Waals surface area contributed by atoms with Gasteiger partial charge >= 0.3 is 0 Å². The topological polar surface area (TPSA) is 33.6 Å². The van der Waals surface area contributed by atoms with Crippen molar-refractivity contribution in [2.24, 2.45) is 0 Å². The van der Waals surface area contributed by atoms with E-state index < -0.39 is 0 Å². The van der Waals surface area contributed by atoms with Crippen molar-refractivity contribution in [3.63, 3.8) is 0 Å². The molecule has 3 aromatic carbocycles. The molecule has 0 atom stereocenters. The molecule has 41 heavy (non-hydrogen) atoms. The molecule has 0 bridgehead atoms. The summed E-state index contributed by atoms with van der Waals surface area (Å²) in [5.74, 6) is 0. The Morgan fingerprint density at radius 1 is 0.561 bits per heavy atom. The van der Waals surface area contributed by atoms with Crippen molar-refractivity contribution < 1.29 is 0 Å². The Balaban J connectivity index is 1.84. The zero-order valence-corrected chi connectivity index (χ0v) is 25.7. The molecule has 4 rings (SSSR count). The van der Waals surface area contributed by atoms with Gasteiger partial charge in [-0.25, -0.2) is 0 Å². The normalized spacial score (nSPS) is 14.4. The third-order valence-corrected chi connectivity index (χ3v) is 7.69. The molecule has 3 aromatic rings. The standard InChI is InChI=1S/C37H42N4/c1-26-27(2)37(38)25-24-34(26)36(30-16-22-33(23-17-30)41(7)8)11-9-10-35(28-12-18-31(19-13-28)39(3)4)29-14-20-32(21-15-29)40(5)6/h9-25,38H,1-8H3. The molecule has 210 valence electrons. The van der Waals surface area contributed by atoms with Gasteiger partial charge in [-0.15, -0.1) is 0 Å². The predicted molar refractivity (Wildman–Crippen MR) is 181 cm³/mol. The molecule has 0 aromatic heterocycles. The smallest absolute Gasteiger partial charge is 0.0572 e. The minimum Gasteiger partial charge on any atom is -0.378 e. The number of allylic oxidation sites excluding steroid dienone is 9. The summed E-state index contributed by atoms with van der Waals surface area (Å²) in [4.78, 5) is 6.35. The number of benzene rings is 3. The number of hydrogen-bond acceptors (Lipinski definition) is 4. The monoisotopic (exact) mass is 542 g/mol. The molecule has 4 heteroatoms. The van der Waals surface area contributed by atoms with Crippen molar-refractivity contribution in [1.29, 1.82) is 5.41 Å². The Kier molecular flexibility index (Phi) is 9.14. The lowest BCUT2D eigenvalue weighted by atomic mass is 9.87. The minimum absolute atomic E-state index is 0.571. The highest BCUT2D eigenvalue weighted by molar-refractivity contribution is 6.09. The molecule has 0 fully saturated rings. The van der Waals surface area contributed by atoms with Crippen LogP contribution in [0, 0.1) is 5.41 Å². The van der Waals surface area contributed by atoms with E-state index in [1.54, 1.807) is 0 Å². The van der Waals surface area contributed by atoms with Gasteiger partial charge in [0.15, 0.2) is 0 Å². The lowest BCUT2D eigenvalue weighted by Crippen LogP contribution is -2.08. The van der Waals surface area contributed by atoms with Crippen molar-refractivity contribution in [2.45, 2.75) is 13.8 Å².